The second kappa shape index (κ2) is 7.53. The topological polar surface area (TPSA) is 116 Å². The lowest BCUT2D eigenvalue weighted by atomic mass is 9.93. The van der Waals surface area contributed by atoms with Crippen molar-refractivity contribution in [1.82, 2.24) is 4.90 Å². The maximum Gasteiger partial charge on any atom is 0.410 e. The van der Waals surface area contributed by atoms with Gasteiger partial charge in [0.1, 0.15) is 5.60 Å². The standard InChI is InChI=1S/C17H24N2O6S/c1-17(2,3)25-16(21)19-8-7-11(15(20)24-4)14(19)12-9-10(18)5-6-13(12)26(22)23/h5-6,9,11,14,26H,7-8,18H2,1-4H3/t11-,14+/m1/s1. The number of nitrogens with two attached hydrogens (primary N) is 1. The molecule has 1 aliphatic rings. The van der Waals surface area contributed by atoms with Gasteiger partial charge >= 0.3 is 12.1 Å². The maximum atomic E-state index is 12.6. The van der Waals surface area contributed by atoms with Gasteiger partial charge in [0.25, 0.3) is 0 Å². The predicted molar refractivity (Wildman–Crippen MR) is 95.2 cm³/mol. The Morgan fingerprint density at radius 1 is 1.27 bits per heavy atom. The molecular weight excluding hydrogens is 360 g/mol. The second-order valence-electron chi connectivity index (χ2n) is 7.11. The molecule has 1 fully saturated rings. The van der Waals surface area contributed by atoms with E-state index in [1.165, 1.54) is 30.2 Å². The fourth-order valence-electron chi connectivity index (χ4n) is 3.08. The molecule has 0 spiro atoms. The van der Waals surface area contributed by atoms with Gasteiger partial charge in [-0.2, -0.15) is 0 Å². The number of amides is 1. The van der Waals surface area contributed by atoms with Crippen LogP contribution in [0.25, 0.3) is 0 Å². The number of anilines is 1. The Kier molecular flexibility index (Phi) is 5.80. The second-order valence-corrected chi connectivity index (χ2v) is 8.11. The number of ether oxygens (including phenoxy) is 2. The summed E-state index contributed by atoms with van der Waals surface area (Å²) < 4.78 is 33.6. The molecule has 0 unspecified atom stereocenters. The highest BCUT2D eigenvalue weighted by Gasteiger charge is 2.45. The summed E-state index contributed by atoms with van der Waals surface area (Å²) in [7, 11) is -1.69. The fourth-order valence-corrected chi connectivity index (χ4v) is 3.68. The highest BCUT2D eigenvalue weighted by Crippen LogP contribution is 2.41. The van der Waals surface area contributed by atoms with Crippen LogP contribution in [-0.4, -0.2) is 44.6 Å². The first-order valence-corrected chi connectivity index (χ1v) is 9.34. The summed E-state index contributed by atoms with van der Waals surface area (Å²) in [6.07, 6.45) is -0.288. The van der Waals surface area contributed by atoms with Gasteiger partial charge in [0.2, 0.25) is 0 Å². The number of thiol groups is 1. The molecule has 1 saturated heterocycles. The van der Waals surface area contributed by atoms with Crippen LogP contribution in [0, 0.1) is 5.92 Å². The van der Waals surface area contributed by atoms with Crippen LogP contribution < -0.4 is 5.73 Å². The van der Waals surface area contributed by atoms with E-state index in [9.17, 15) is 18.0 Å². The Hall–Kier alpha value is -2.29. The van der Waals surface area contributed by atoms with Crippen molar-refractivity contribution in [2.75, 3.05) is 19.4 Å². The van der Waals surface area contributed by atoms with Gasteiger partial charge in [0.05, 0.1) is 24.0 Å². The fraction of sp³-hybridized carbons (Fsp3) is 0.529. The number of benzene rings is 1. The van der Waals surface area contributed by atoms with Crippen molar-refractivity contribution < 1.29 is 27.5 Å². The third-order valence-corrected chi connectivity index (χ3v) is 4.90. The van der Waals surface area contributed by atoms with Crippen LogP contribution in [0.3, 0.4) is 0 Å². The minimum Gasteiger partial charge on any atom is -0.469 e. The van der Waals surface area contributed by atoms with Crippen molar-refractivity contribution in [3.8, 4) is 0 Å². The molecule has 1 aliphatic heterocycles. The minimum atomic E-state index is -2.94. The van der Waals surface area contributed by atoms with Crippen molar-refractivity contribution in [3.05, 3.63) is 23.8 Å². The molecule has 144 valence electrons. The number of methoxy groups -OCH3 is 1. The lowest BCUT2D eigenvalue weighted by Gasteiger charge is -2.31. The smallest absolute Gasteiger partial charge is 0.410 e. The van der Waals surface area contributed by atoms with Crippen molar-refractivity contribution in [3.63, 3.8) is 0 Å². The summed E-state index contributed by atoms with van der Waals surface area (Å²) in [4.78, 5) is 26.3. The molecule has 1 heterocycles. The van der Waals surface area contributed by atoms with Gasteiger partial charge in [-0.3, -0.25) is 4.79 Å². The molecule has 0 saturated carbocycles. The molecule has 2 atom stereocenters. The quantitative estimate of drug-likeness (QED) is 0.463. The summed E-state index contributed by atoms with van der Waals surface area (Å²) in [5.41, 5.74) is 5.72. The van der Waals surface area contributed by atoms with Crippen molar-refractivity contribution >= 4 is 28.5 Å². The monoisotopic (exact) mass is 384 g/mol. The predicted octanol–water partition coefficient (Wildman–Crippen LogP) is 1.71. The molecule has 0 aliphatic carbocycles. The number of carbonyl (C=O) groups excluding carboxylic acids is 2. The highest BCUT2D eigenvalue weighted by molar-refractivity contribution is 7.72. The number of likely N-dealkylation sites (tertiary alicyclic amines) is 1. The molecular formula is C17H24N2O6S. The number of nitrogens with zero attached hydrogens (tertiary/aromatic N) is 1. The third kappa shape index (κ3) is 4.27. The van der Waals surface area contributed by atoms with Crippen LogP contribution in [0.15, 0.2) is 23.1 Å². The van der Waals surface area contributed by atoms with Crippen LogP contribution in [0.4, 0.5) is 10.5 Å². The Morgan fingerprint density at radius 3 is 2.46 bits per heavy atom. The van der Waals surface area contributed by atoms with E-state index in [0.717, 1.165) is 0 Å². The van der Waals surface area contributed by atoms with Gasteiger partial charge in [0, 0.05) is 12.2 Å². The number of carbonyl (C=O) groups is 2. The van der Waals surface area contributed by atoms with Crippen LogP contribution in [0.1, 0.15) is 38.8 Å². The van der Waals surface area contributed by atoms with E-state index < -0.39 is 40.3 Å². The van der Waals surface area contributed by atoms with Gasteiger partial charge in [0.15, 0.2) is 10.7 Å². The SMILES string of the molecule is COC(=O)[C@@H]1CCN(C(=O)OC(C)(C)C)[C@@H]1c1cc(N)ccc1[SH](=O)=O. The molecule has 0 radical (unpaired) electrons. The molecule has 0 aromatic heterocycles. The Morgan fingerprint density at radius 2 is 1.92 bits per heavy atom. The Bertz CT molecular complexity index is 776. The number of hydrogen-bond donors (Lipinski definition) is 2. The molecule has 1 aromatic carbocycles. The molecule has 1 aromatic rings. The van der Waals surface area contributed by atoms with Crippen LogP contribution >= 0.6 is 0 Å². The summed E-state index contributed by atoms with van der Waals surface area (Å²) in [5.74, 6) is -1.22. The average Bonchev–Trinajstić information content (AvgIpc) is 2.97. The van der Waals surface area contributed by atoms with Gasteiger partial charge in [-0.05, 0) is 51.0 Å². The van der Waals surface area contributed by atoms with Crippen LogP contribution in [0.5, 0.6) is 0 Å². The van der Waals surface area contributed by atoms with E-state index in [1.807, 2.05) is 0 Å². The van der Waals surface area contributed by atoms with Gasteiger partial charge in [-0.25, -0.2) is 13.2 Å². The van der Waals surface area contributed by atoms with E-state index in [4.69, 9.17) is 15.2 Å². The van der Waals surface area contributed by atoms with Crippen LogP contribution in [0.2, 0.25) is 0 Å². The van der Waals surface area contributed by atoms with E-state index in [-0.39, 0.29) is 11.4 Å². The minimum absolute atomic E-state index is 0.0172. The maximum absolute atomic E-state index is 12.6. The molecule has 26 heavy (non-hydrogen) atoms. The molecule has 2 N–H and O–H groups in total. The van der Waals surface area contributed by atoms with Crippen molar-refractivity contribution in [2.45, 2.75) is 43.7 Å². The zero-order valence-electron chi connectivity index (χ0n) is 15.2. The Labute approximate surface area is 154 Å². The zero-order valence-corrected chi connectivity index (χ0v) is 16.1. The first kappa shape index (κ1) is 20.0. The van der Waals surface area contributed by atoms with E-state index in [0.29, 0.717) is 17.7 Å². The van der Waals surface area contributed by atoms with Crippen molar-refractivity contribution in [1.29, 1.82) is 0 Å². The van der Waals surface area contributed by atoms with Crippen LogP contribution in [-0.2, 0) is 25.0 Å². The number of hydrogen-bond acceptors (Lipinski definition) is 7. The molecule has 8 nitrogen and oxygen atoms in total. The average molecular weight is 384 g/mol. The molecule has 0 bridgehead atoms. The highest BCUT2D eigenvalue weighted by atomic mass is 32.2. The first-order valence-electron chi connectivity index (χ1n) is 8.16. The molecule has 9 heteroatoms. The first-order chi connectivity index (χ1) is 12.0. The van der Waals surface area contributed by atoms with E-state index in [2.05, 4.69) is 0 Å². The van der Waals surface area contributed by atoms with Gasteiger partial charge in [-0.15, -0.1) is 0 Å². The molecule has 1 amide bonds. The number of rotatable bonds is 3. The normalized spacial score (nSPS) is 20.3. The lowest BCUT2D eigenvalue weighted by Crippen LogP contribution is -2.38. The lowest BCUT2D eigenvalue weighted by molar-refractivity contribution is -0.146. The Balaban J connectivity index is 2.54. The number of nitrogen functional groups attached to an aromatic ring is 1. The summed E-state index contributed by atoms with van der Waals surface area (Å²) >= 11 is 0. The largest absolute Gasteiger partial charge is 0.469 e. The zero-order chi connectivity index (χ0) is 19.6. The number of esters is 1. The summed E-state index contributed by atoms with van der Waals surface area (Å²) in [6.45, 7) is 5.43. The third-order valence-electron chi connectivity index (χ3n) is 4.10. The summed E-state index contributed by atoms with van der Waals surface area (Å²) in [5, 5.41) is 0. The van der Waals surface area contributed by atoms with Gasteiger partial charge < -0.3 is 20.1 Å². The van der Waals surface area contributed by atoms with E-state index in [1.54, 1.807) is 20.8 Å². The van der Waals surface area contributed by atoms with E-state index >= 15 is 0 Å². The molecule has 2 rings (SSSR count). The van der Waals surface area contributed by atoms with Gasteiger partial charge in [-0.1, -0.05) is 0 Å². The van der Waals surface area contributed by atoms with Crippen molar-refractivity contribution in [2.24, 2.45) is 5.92 Å². The summed E-state index contributed by atoms with van der Waals surface area (Å²) in [6, 6.07) is 3.48.